The van der Waals surface area contributed by atoms with Crippen molar-refractivity contribution in [3.63, 3.8) is 0 Å². The number of nitrogens with one attached hydrogen (secondary N) is 2. The van der Waals surface area contributed by atoms with Crippen molar-refractivity contribution in [2.24, 2.45) is 0 Å². The number of hydrogen-bond acceptors (Lipinski definition) is 3. The molecule has 0 fully saturated rings. The number of rotatable bonds is 2. The first kappa shape index (κ1) is 12.0. The predicted molar refractivity (Wildman–Crippen MR) is 70.9 cm³/mol. The molecule has 7 heteroatoms. The van der Waals surface area contributed by atoms with Gasteiger partial charge >= 0.3 is 0 Å². The van der Waals surface area contributed by atoms with E-state index < -0.39 is 5.56 Å². The molecule has 0 aliphatic carbocycles. The van der Waals surface area contributed by atoms with Gasteiger partial charge in [0.2, 0.25) is 0 Å². The molecular weight excluding hydrogens is 281 g/mol. The smallest absolute Gasteiger partial charge is 0.285 e. The molecule has 0 unspecified atom stereocenters. The summed E-state index contributed by atoms with van der Waals surface area (Å²) in [6, 6.07) is 4.93. The van der Waals surface area contributed by atoms with Gasteiger partial charge in [0.15, 0.2) is 0 Å². The monoisotopic (exact) mass is 285 g/mol. The Morgan fingerprint density at radius 3 is 2.82 bits per heavy atom. The lowest BCUT2D eigenvalue weighted by atomic mass is 10.3. The van der Waals surface area contributed by atoms with Crippen LogP contribution in [0.1, 0.15) is 0 Å². The molecule has 2 aromatic rings. The Balaban J connectivity index is 2.39. The number of benzene rings is 1. The topological polar surface area (TPSA) is 49.2 Å². The molecule has 17 heavy (non-hydrogen) atoms. The second kappa shape index (κ2) is 4.80. The van der Waals surface area contributed by atoms with E-state index in [0.717, 1.165) is 11.5 Å². The maximum Gasteiger partial charge on any atom is 0.285 e. The van der Waals surface area contributed by atoms with Gasteiger partial charge in [-0.3, -0.25) is 9.17 Å². The van der Waals surface area contributed by atoms with Crippen LogP contribution in [0.4, 0.5) is 16.4 Å². The maximum absolute atomic E-state index is 11.2. The highest BCUT2D eigenvalue weighted by Crippen LogP contribution is 2.33. The number of anilines is 2. The highest BCUT2D eigenvalue weighted by molar-refractivity contribution is 7.11. The minimum Gasteiger partial charge on any atom is -0.354 e. The van der Waals surface area contributed by atoms with E-state index in [4.69, 9.17) is 29.8 Å². The van der Waals surface area contributed by atoms with Crippen LogP contribution in [-0.4, -0.2) is 4.37 Å². The second-order valence-corrected chi connectivity index (χ2v) is 4.73. The van der Waals surface area contributed by atoms with Gasteiger partial charge in [-0.15, -0.1) is 0 Å². The van der Waals surface area contributed by atoms with E-state index in [-0.39, 0.29) is 5.69 Å². The lowest BCUT2D eigenvalue weighted by Crippen LogP contribution is -1.96. The van der Waals surface area contributed by atoms with Crippen LogP contribution in [0, 0.1) is 6.57 Å². The molecule has 0 atom stereocenters. The van der Waals surface area contributed by atoms with Gasteiger partial charge in [0, 0.05) is 5.02 Å². The lowest BCUT2D eigenvalue weighted by molar-refractivity contribution is 1.44. The minimum absolute atomic E-state index is 0.0287. The van der Waals surface area contributed by atoms with Crippen molar-refractivity contribution < 1.29 is 0 Å². The van der Waals surface area contributed by atoms with E-state index in [2.05, 4.69) is 14.5 Å². The third-order valence-electron chi connectivity index (χ3n) is 1.97. The number of H-pyrrole nitrogens is 1. The van der Waals surface area contributed by atoms with Crippen molar-refractivity contribution in [3.05, 3.63) is 50.0 Å². The molecule has 2 rings (SSSR count). The summed E-state index contributed by atoms with van der Waals surface area (Å²) in [5.41, 5.74) is 0.217. The van der Waals surface area contributed by atoms with Crippen LogP contribution in [0.2, 0.25) is 10.0 Å². The Morgan fingerprint density at radius 2 is 2.18 bits per heavy atom. The van der Waals surface area contributed by atoms with Crippen LogP contribution in [-0.2, 0) is 0 Å². The summed E-state index contributed by atoms with van der Waals surface area (Å²) in [7, 11) is 0. The number of hydrogen-bond donors (Lipinski definition) is 2. The fraction of sp³-hybridized carbons (Fsp3) is 0. The van der Waals surface area contributed by atoms with Gasteiger partial charge in [-0.1, -0.05) is 34.7 Å². The molecular formula is C10H5Cl2N3OS. The summed E-state index contributed by atoms with van der Waals surface area (Å²) in [6.07, 6.45) is 0. The third kappa shape index (κ3) is 2.44. The van der Waals surface area contributed by atoms with Gasteiger partial charge in [0.1, 0.15) is 5.00 Å². The molecule has 0 radical (unpaired) electrons. The van der Waals surface area contributed by atoms with Crippen molar-refractivity contribution in [2.45, 2.75) is 0 Å². The van der Waals surface area contributed by atoms with Crippen LogP contribution >= 0.6 is 34.7 Å². The molecule has 0 spiro atoms. The summed E-state index contributed by atoms with van der Waals surface area (Å²) < 4.78 is 2.48. The van der Waals surface area contributed by atoms with E-state index in [1.807, 2.05) is 0 Å². The van der Waals surface area contributed by atoms with Crippen molar-refractivity contribution in [2.75, 3.05) is 5.32 Å². The summed E-state index contributed by atoms with van der Waals surface area (Å²) in [5.74, 6) is 0. The average molecular weight is 286 g/mol. The van der Waals surface area contributed by atoms with Gasteiger partial charge in [-0.05, 0) is 18.2 Å². The van der Waals surface area contributed by atoms with Gasteiger partial charge in [0.05, 0.1) is 17.3 Å². The van der Waals surface area contributed by atoms with Crippen LogP contribution in [0.3, 0.4) is 0 Å². The third-order valence-corrected chi connectivity index (χ3v) is 3.30. The number of halogens is 2. The Kier molecular flexibility index (Phi) is 3.38. The minimum atomic E-state index is -0.405. The van der Waals surface area contributed by atoms with E-state index in [1.54, 1.807) is 18.2 Å². The lowest BCUT2D eigenvalue weighted by Gasteiger charge is -2.06. The van der Waals surface area contributed by atoms with E-state index in [1.165, 1.54) is 0 Å². The summed E-state index contributed by atoms with van der Waals surface area (Å²) >= 11 is 12.8. The quantitative estimate of drug-likeness (QED) is 0.819. The van der Waals surface area contributed by atoms with Crippen molar-refractivity contribution >= 4 is 51.1 Å². The van der Waals surface area contributed by atoms with Gasteiger partial charge < -0.3 is 5.32 Å². The van der Waals surface area contributed by atoms with Crippen molar-refractivity contribution in [1.29, 1.82) is 0 Å². The SMILES string of the molecule is [C-]#[N+]c1c(Nc2ccc(Cl)cc2Cl)s[nH]c1=O. The van der Waals surface area contributed by atoms with Gasteiger partial charge in [-0.2, -0.15) is 0 Å². The highest BCUT2D eigenvalue weighted by atomic mass is 35.5. The molecule has 2 N–H and O–H groups in total. The largest absolute Gasteiger partial charge is 0.354 e. The number of aromatic nitrogens is 1. The molecule has 0 saturated carbocycles. The summed E-state index contributed by atoms with van der Waals surface area (Å²) in [6.45, 7) is 6.91. The van der Waals surface area contributed by atoms with Crippen molar-refractivity contribution in [1.82, 2.24) is 4.37 Å². The Morgan fingerprint density at radius 1 is 1.41 bits per heavy atom. The maximum atomic E-state index is 11.2. The summed E-state index contributed by atoms with van der Waals surface area (Å²) in [5, 5.41) is 4.31. The van der Waals surface area contributed by atoms with Gasteiger partial charge in [-0.25, -0.2) is 4.85 Å². The highest BCUT2D eigenvalue weighted by Gasteiger charge is 2.11. The zero-order valence-corrected chi connectivity index (χ0v) is 10.6. The fourth-order valence-corrected chi connectivity index (χ4v) is 2.34. The molecule has 1 heterocycles. The molecule has 0 bridgehead atoms. The molecule has 0 saturated heterocycles. The molecule has 0 aliphatic heterocycles. The van der Waals surface area contributed by atoms with Crippen LogP contribution < -0.4 is 10.9 Å². The molecule has 4 nitrogen and oxygen atoms in total. The standard InChI is InChI=1S/C10H5Cl2N3OS/c1-13-8-9(16)15-17-10(8)14-7-3-2-5(11)4-6(7)12/h2-4,14H,(H,15,16). The molecule has 0 amide bonds. The average Bonchev–Trinajstić information content (AvgIpc) is 2.63. The first-order valence-corrected chi connectivity index (χ1v) is 6.00. The van der Waals surface area contributed by atoms with E-state index in [9.17, 15) is 4.79 Å². The predicted octanol–water partition coefficient (Wildman–Crippen LogP) is 4.04. The zero-order chi connectivity index (χ0) is 12.4. The second-order valence-electron chi connectivity index (χ2n) is 3.07. The van der Waals surface area contributed by atoms with E-state index >= 15 is 0 Å². The molecule has 1 aromatic heterocycles. The number of nitrogens with zero attached hydrogens (tertiary/aromatic N) is 1. The van der Waals surface area contributed by atoms with Gasteiger partial charge in [0.25, 0.3) is 11.2 Å². The zero-order valence-electron chi connectivity index (χ0n) is 8.25. The Bertz CT molecular complexity index is 656. The van der Waals surface area contributed by atoms with E-state index in [0.29, 0.717) is 20.7 Å². The normalized spacial score (nSPS) is 9.94. The van der Waals surface area contributed by atoms with Crippen LogP contribution in [0.15, 0.2) is 23.0 Å². The Hall–Kier alpha value is -1.48. The van der Waals surface area contributed by atoms with Crippen LogP contribution in [0.5, 0.6) is 0 Å². The summed E-state index contributed by atoms with van der Waals surface area (Å²) in [4.78, 5) is 14.4. The first-order valence-electron chi connectivity index (χ1n) is 4.43. The Labute approximate surface area is 111 Å². The fourth-order valence-electron chi connectivity index (χ4n) is 1.20. The van der Waals surface area contributed by atoms with Crippen molar-refractivity contribution in [3.8, 4) is 0 Å². The molecule has 1 aromatic carbocycles. The molecule has 0 aliphatic rings. The number of aromatic amines is 1. The first-order chi connectivity index (χ1) is 8.11. The molecule has 86 valence electrons. The van der Waals surface area contributed by atoms with Crippen LogP contribution in [0.25, 0.3) is 4.85 Å².